The number of hydrogen-bond acceptors (Lipinski definition) is 6. The van der Waals surface area contributed by atoms with Gasteiger partial charge in [0.15, 0.2) is 6.10 Å². The van der Waals surface area contributed by atoms with Gasteiger partial charge in [-0.15, -0.1) is 0 Å². The molecule has 0 saturated heterocycles. The topological polar surface area (TPSA) is 115 Å². The molecule has 1 atom stereocenters. The third-order valence-corrected chi connectivity index (χ3v) is 5.15. The molecule has 32 heavy (non-hydrogen) atoms. The summed E-state index contributed by atoms with van der Waals surface area (Å²) in [6.45, 7) is 3.45. The Morgan fingerprint density at radius 2 is 1.91 bits per heavy atom. The van der Waals surface area contributed by atoms with Crippen molar-refractivity contribution in [2.45, 2.75) is 26.5 Å². The van der Waals surface area contributed by atoms with Crippen molar-refractivity contribution in [2.75, 3.05) is 12.4 Å². The Bertz CT molecular complexity index is 1390. The van der Waals surface area contributed by atoms with Crippen LogP contribution in [0.25, 0.3) is 21.7 Å². The van der Waals surface area contributed by atoms with Crippen LogP contribution in [0.15, 0.2) is 58.0 Å². The van der Waals surface area contributed by atoms with Crippen molar-refractivity contribution < 1.29 is 18.7 Å². The van der Waals surface area contributed by atoms with Crippen LogP contribution in [0.1, 0.15) is 12.5 Å². The van der Waals surface area contributed by atoms with E-state index in [0.29, 0.717) is 28.0 Å². The Morgan fingerprint density at radius 3 is 2.66 bits per heavy atom. The molecule has 4 rings (SSSR count). The normalized spacial score (nSPS) is 12.0. The maximum absolute atomic E-state index is 12.6. The molecular weight excluding hydrogens is 412 g/mol. The van der Waals surface area contributed by atoms with Gasteiger partial charge < -0.3 is 19.8 Å². The quantitative estimate of drug-likeness (QED) is 0.356. The Morgan fingerprint density at radius 1 is 1.16 bits per heavy atom. The number of aromatic nitrogens is 2. The molecule has 0 aliphatic heterocycles. The predicted molar refractivity (Wildman–Crippen MR) is 120 cm³/mol. The highest BCUT2D eigenvalue weighted by Crippen LogP contribution is 2.31. The summed E-state index contributed by atoms with van der Waals surface area (Å²) in [5.74, 6) is -0.147. The molecule has 2 amide bonds. The lowest BCUT2D eigenvalue weighted by atomic mass is 10.0. The highest BCUT2D eigenvalue weighted by Gasteiger charge is 2.19. The van der Waals surface area contributed by atoms with Crippen molar-refractivity contribution >= 4 is 39.2 Å². The van der Waals surface area contributed by atoms with Gasteiger partial charge in [0.05, 0.1) is 17.3 Å². The third kappa shape index (κ3) is 4.04. The number of carbonyl (C=O) groups is 2. The predicted octanol–water partition coefficient (Wildman–Crippen LogP) is 2.60. The average Bonchev–Trinajstić information content (AvgIpc) is 3.22. The molecule has 2 aromatic heterocycles. The first-order chi connectivity index (χ1) is 15.4. The maximum atomic E-state index is 12.6. The van der Waals surface area contributed by atoms with Crippen LogP contribution >= 0.6 is 0 Å². The number of benzene rings is 2. The molecule has 164 valence electrons. The fourth-order valence-electron chi connectivity index (χ4n) is 3.42. The van der Waals surface area contributed by atoms with Gasteiger partial charge in [0.2, 0.25) is 5.91 Å². The van der Waals surface area contributed by atoms with Gasteiger partial charge in [-0.05, 0) is 37.4 Å². The van der Waals surface area contributed by atoms with Crippen molar-refractivity contribution in [2.24, 2.45) is 0 Å². The molecule has 9 nitrogen and oxygen atoms in total. The molecule has 0 aliphatic rings. The molecule has 1 unspecified atom stereocenters. The number of anilines is 1. The van der Waals surface area contributed by atoms with E-state index in [1.807, 2.05) is 18.2 Å². The second-order valence-electron chi connectivity index (χ2n) is 7.35. The lowest BCUT2D eigenvalue weighted by molar-refractivity contribution is -0.122. The SMILES string of the molecule is CNC(=O)Cn1cc(NC(=O)C(C)Oc2ccc3c(oc(=O)c4ccccc43)c2C)cn1. The molecule has 0 spiro atoms. The van der Waals surface area contributed by atoms with Gasteiger partial charge in [-0.3, -0.25) is 14.3 Å². The van der Waals surface area contributed by atoms with Crippen LogP contribution in [0.2, 0.25) is 0 Å². The fraction of sp³-hybridized carbons (Fsp3) is 0.217. The summed E-state index contributed by atoms with van der Waals surface area (Å²) in [7, 11) is 1.54. The van der Waals surface area contributed by atoms with Gasteiger partial charge in [0.1, 0.15) is 17.9 Å². The van der Waals surface area contributed by atoms with E-state index in [4.69, 9.17) is 9.15 Å². The molecule has 2 N–H and O–H groups in total. The summed E-state index contributed by atoms with van der Waals surface area (Å²) in [5, 5.41) is 11.4. The van der Waals surface area contributed by atoms with Crippen molar-refractivity contribution in [3.63, 3.8) is 0 Å². The number of nitrogens with one attached hydrogen (secondary N) is 2. The van der Waals surface area contributed by atoms with E-state index in [9.17, 15) is 14.4 Å². The van der Waals surface area contributed by atoms with Crippen molar-refractivity contribution in [3.05, 3.63) is 64.8 Å². The minimum atomic E-state index is -0.833. The molecule has 9 heteroatoms. The molecule has 0 fully saturated rings. The van der Waals surface area contributed by atoms with Crippen LogP contribution in [-0.4, -0.2) is 34.7 Å². The van der Waals surface area contributed by atoms with E-state index in [1.54, 1.807) is 38.2 Å². The molecule has 4 aromatic rings. The van der Waals surface area contributed by atoms with E-state index >= 15 is 0 Å². The lowest BCUT2D eigenvalue weighted by Crippen LogP contribution is -2.30. The summed E-state index contributed by atoms with van der Waals surface area (Å²) < 4.78 is 12.8. The molecule has 2 heterocycles. The molecule has 0 saturated carbocycles. The molecule has 2 aromatic carbocycles. The van der Waals surface area contributed by atoms with Gasteiger partial charge >= 0.3 is 5.63 Å². The number of carbonyl (C=O) groups excluding carboxylic acids is 2. The fourth-order valence-corrected chi connectivity index (χ4v) is 3.42. The number of amides is 2. The summed E-state index contributed by atoms with van der Waals surface area (Å²) in [5.41, 5.74) is 1.08. The maximum Gasteiger partial charge on any atom is 0.344 e. The first-order valence-corrected chi connectivity index (χ1v) is 10.0. The van der Waals surface area contributed by atoms with Gasteiger partial charge in [-0.1, -0.05) is 18.2 Å². The number of ether oxygens (including phenoxy) is 1. The number of nitrogens with zero attached hydrogens (tertiary/aromatic N) is 2. The second kappa shape index (κ2) is 8.54. The minimum Gasteiger partial charge on any atom is -0.480 e. The van der Waals surface area contributed by atoms with Gasteiger partial charge in [-0.25, -0.2) is 4.79 Å². The summed E-state index contributed by atoms with van der Waals surface area (Å²) in [4.78, 5) is 36.4. The number of aryl methyl sites for hydroxylation is 1. The average molecular weight is 434 g/mol. The third-order valence-electron chi connectivity index (χ3n) is 5.15. The van der Waals surface area contributed by atoms with Gasteiger partial charge in [0.25, 0.3) is 5.91 Å². The zero-order valence-electron chi connectivity index (χ0n) is 17.8. The van der Waals surface area contributed by atoms with Gasteiger partial charge in [-0.2, -0.15) is 5.10 Å². The monoisotopic (exact) mass is 434 g/mol. The standard InChI is InChI=1S/C23H22N4O5/c1-13-19(9-8-17-16-6-4-5-7-18(16)23(30)32-21(13)17)31-14(2)22(29)26-15-10-25-27(11-15)12-20(28)24-3/h4-11,14H,12H2,1-3H3,(H,24,28)(H,26,29). The Balaban J connectivity index is 1.53. The van der Waals surface area contributed by atoms with Crippen molar-refractivity contribution in [1.29, 1.82) is 0 Å². The van der Waals surface area contributed by atoms with E-state index in [0.717, 1.165) is 10.8 Å². The summed E-state index contributed by atoms with van der Waals surface area (Å²) >= 11 is 0. The van der Waals surface area contributed by atoms with Crippen molar-refractivity contribution in [1.82, 2.24) is 15.1 Å². The van der Waals surface area contributed by atoms with E-state index in [1.165, 1.54) is 17.9 Å². The summed E-state index contributed by atoms with van der Waals surface area (Å²) in [6.07, 6.45) is 2.18. The van der Waals surface area contributed by atoms with Crippen LogP contribution in [0.5, 0.6) is 5.75 Å². The highest BCUT2D eigenvalue weighted by molar-refractivity contribution is 6.05. The number of rotatable bonds is 6. The number of hydrogen-bond donors (Lipinski definition) is 2. The molecular formula is C23H22N4O5. The Hall–Kier alpha value is -4.14. The molecule has 0 radical (unpaired) electrons. The number of fused-ring (bicyclic) bond motifs is 3. The molecule has 0 bridgehead atoms. The van der Waals surface area contributed by atoms with Crippen LogP contribution < -0.4 is 21.0 Å². The summed E-state index contributed by atoms with van der Waals surface area (Å²) in [6, 6.07) is 10.8. The minimum absolute atomic E-state index is 0.0502. The van der Waals surface area contributed by atoms with Gasteiger partial charge in [0, 0.05) is 24.2 Å². The van der Waals surface area contributed by atoms with Crippen LogP contribution in [-0.2, 0) is 16.1 Å². The van der Waals surface area contributed by atoms with Crippen LogP contribution in [0.3, 0.4) is 0 Å². The number of likely N-dealkylation sites (N-methyl/N-ethyl adjacent to an activating group) is 1. The smallest absolute Gasteiger partial charge is 0.344 e. The highest BCUT2D eigenvalue weighted by atomic mass is 16.5. The van der Waals surface area contributed by atoms with Crippen LogP contribution in [0, 0.1) is 6.92 Å². The largest absolute Gasteiger partial charge is 0.480 e. The van der Waals surface area contributed by atoms with Crippen LogP contribution in [0.4, 0.5) is 5.69 Å². The Kier molecular flexibility index (Phi) is 5.63. The second-order valence-corrected chi connectivity index (χ2v) is 7.35. The van der Waals surface area contributed by atoms with Crippen molar-refractivity contribution in [3.8, 4) is 5.75 Å². The first kappa shape index (κ1) is 21.1. The lowest BCUT2D eigenvalue weighted by Gasteiger charge is -2.16. The zero-order valence-corrected chi connectivity index (χ0v) is 17.8. The first-order valence-electron chi connectivity index (χ1n) is 10.0. The van der Waals surface area contributed by atoms with E-state index in [2.05, 4.69) is 15.7 Å². The van der Waals surface area contributed by atoms with E-state index < -0.39 is 11.7 Å². The van der Waals surface area contributed by atoms with E-state index in [-0.39, 0.29) is 18.4 Å². The Labute approximate surface area is 183 Å². The molecule has 0 aliphatic carbocycles. The zero-order chi connectivity index (χ0) is 22.8.